The van der Waals surface area contributed by atoms with E-state index in [2.05, 4.69) is 24.3 Å². The quantitative estimate of drug-likeness (QED) is 0.849. The van der Waals surface area contributed by atoms with Crippen molar-refractivity contribution in [3.05, 3.63) is 35.4 Å². The first-order valence-corrected chi connectivity index (χ1v) is 7.23. The van der Waals surface area contributed by atoms with Crippen molar-refractivity contribution in [1.29, 1.82) is 0 Å². The molecule has 1 spiro atoms. The molecule has 0 aliphatic carbocycles. The van der Waals surface area contributed by atoms with Gasteiger partial charge in [0.2, 0.25) is 5.91 Å². The van der Waals surface area contributed by atoms with Gasteiger partial charge in [-0.2, -0.15) is 0 Å². The summed E-state index contributed by atoms with van der Waals surface area (Å²) in [6.45, 7) is 5.65. The fourth-order valence-corrected chi connectivity index (χ4v) is 3.28. The van der Waals surface area contributed by atoms with Gasteiger partial charge in [-0.25, -0.2) is 0 Å². The zero-order valence-electron chi connectivity index (χ0n) is 12.2. The van der Waals surface area contributed by atoms with Gasteiger partial charge in [-0.15, -0.1) is 0 Å². The van der Waals surface area contributed by atoms with Crippen molar-refractivity contribution in [2.24, 2.45) is 5.73 Å². The van der Waals surface area contributed by atoms with Crippen LogP contribution in [0.2, 0.25) is 0 Å². The van der Waals surface area contributed by atoms with Crippen molar-refractivity contribution in [2.75, 3.05) is 13.1 Å². The predicted octanol–water partition coefficient (Wildman–Crippen LogP) is 1.77. The summed E-state index contributed by atoms with van der Waals surface area (Å²) in [5, 5.41) is 0. The molecular weight excluding hydrogens is 252 g/mol. The van der Waals surface area contributed by atoms with Crippen molar-refractivity contribution >= 4 is 5.91 Å². The standard InChI is InChI=1S/C16H22N2O2/c1-15(2,17)14(19)18-9-7-16(8-10-18)13-6-4-3-5-12(13)11-20-16/h3-6H,7-11,17H2,1-2H3. The first-order chi connectivity index (χ1) is 9.42. The zero-order chi connectivity index (χ0) is 14.4. The highest BCUT2D eigenvalue weighted by atomic mass is 16.5. The molecule has 0 bridgehead atoms. The van der Waals surface area contributed by atoms with E-state index in [4.69, 9.17) is 10.5 Å². The van der Waals surface area contributed by atoms with Gasteiger partial charge in [0.1, 0.15) is 0 Å². The molecule has 4 heteroatoms. The second kappa shape index (κ2) is 4.57. The van der Waals surface area contributed by atoms with E-state index >= 15 is 0 Å². The van der Waals surface area contributed by atoms with Gasteiger partial charge in [0.05, 0.1) is 17.7 Å². The predicted molar refractivity (Wildman–Crippen MR) is 77.0 cm³/mol. The Hall–Kier alpha value is -1.39. The molecule has 1 aromatic rings. The lowest BCUT2D eigenvalue weighted by Gasteiger charge is -2.41. The fraction of sp³-hybridized carbons (Fsp3) is 0.562. The lowest BCUT2D eigenvalue weighted by molar-refractivity contribution is -0.142. The number of piperidine rings is 1. The number of hydrogen-bond donors (Lipinski definition) is 1. The smallest absolute Gasteiger partial charge is 0.242 e. The molecule has 0 atom stereocenters. The Morgan fingerprint density at radius 1 is 1.30 bits per heavy atom. The first-order valence-electron chi connectivity index (χ1n) is 7.23. The van der Waals surface area contributed by atoms with Crippen molar-refractivity contribution in [3.8, 4) is 0 Å². The van der Waals surface area contributed by atoms with E-state index in [1.165, 1.54) is 11.1 Å². The normalized spacial score (nSPS) is 21.1. The largest absolute Gasteiger partial charge is 0.365 e. The summed E-state index contributed by atoms with van der Waals surface area (Å²) >= 11 is 0. The summed E-state index contributed by atoms with van der Waals surface area (Å²) < 4.78 is 6.10. The Labute approximate surface area is 119 Å². The van der Waals surface area contributed by atoms with Crippen molar-refractivity contribution in [1.82, 2.24) is 4.90 Å². The van der Waals surface area contributed by atoms with E-state index in [1.54, 1.807) is 13.8 Å². The third-order valence-electron chi connectivity index (χ3n) is 4.42. The number of ether oxygens (including phenoxy) is 1. The van der Waals surface area contributed by atoms with Crippen LogP contribution < -0.4 is 5.73 Å². The fourth-order valence-electron chi connectivity index (χ4n) is 3.28. The van der Waals surface area contributed by atoms with Gasteiger partial charge < -0.3 is 15.4 Å². The lowest BCUT2D eigenvalue weighted by Crippen LogP contribution is -2.55. The number of fused-ring (bicyclic) bond motifs is 2. The number of nitrogens with two attached hydrogens (primary N) is 1. The number of nitrogens with zero attached hydrogens (tertiary/aromatic N) is 1. The Kier molecular flexibility index (Phi) is 3.10. The van der Waals surface area contributed by atoms with Gasteiger partial charge in [0.15, 0.2) is 0 Å². The van der Waals surface area contributed by atoms with E-state index in [-0.39, 0.29) is 11.5 Å². The van der Waals surface area contributed by atoms with Crippen molar-refractivity contribution in [3.63, 3.8) is 0 Å². The SMILES string of the molecule is CC(C)(N)C(=O)N1CCC2(CC1)OCc1ccccc12. The van der Waals surface area contributed by atoms with Crippen molar-refractivity contribution < 1.29 is 9.53 Å². The average molecular weight is 274 g/mol. The van der Waals surface area contributed by atoms with Gasteiger partial charge in [0.25, 0.3) is 0 Å². The van der Waals surface area contributed by atoms with E-state index in [1.807, 2.05) is 4.90 Å². The summed E-state index contributed by atoms with van der Waals surface area (Å²) in [5.41, 5.74) is 7.52. The maximum Gasteiger partial charge on any atom is 0.242 e. The summed E-state index contributed by atoms with van der Waals surface area (Å²) in [6.07, 6.45) is 1.71. The van der Waals surface area contributed by atoms with Crippen LogP contribution in [0.15, 0.2) is 24.3 Å². The number of rotatable bonds is 1. The van der Waals surface area contributed by atoms with E-state index in [0.717, 1.165) is 12.8 Å². The molecule has 2 aliphatic heterocycles. The third-order valence-corrected chi connectivity index (χ3v) is 4.42. The number of carbonyl (C=O) groups excluding carboxylic acids is 1. The van der Waals surface area contributed by atoms with Gasteiger partial charge in [-0.05, 0) is 37.8 Å². The highest BCUT2D eigenvalue weighted by Crippen LogP contribution is 2.44. The highest BCUT2D eigenvalue weighted by molar-refractivity contribution is 5.85. The molecule has 1 saturated heterocycles. The van der Waals surface area contributed by atoms with E-state index in [9.17, 15) is 4.79 Å². The summed E-state index contributed by atoms with van der Waals surface area (Å²) in [4.78, 5) is 14.1. The number of carbonyl (C=O) groups is 1. The molecule has 3 rings (SSSR count). The third kappa shape index (κ3) is 2.13. The number of likely N-dealkylation sites (tertiary alicyclic amines) is 1. The van der Waals surface area contributed by atoms with Gasteiger partial charge in [0, 0.05) is 13.1 Å². The molecule has 0 saturated carbocycles. The summed E-state index contributed by atoms with van der Waals surface area (Å²) in [7, 11) is 0. The van der Waals surface area contributed by atoms with E-state index in [0.29, 0.717) is 19.7 Å². The molecule has 0 radical (unpaired) electrons. The molecule has 0 aromatic heterocycles. The van der Waals surface area contributed by atoms with Crippen LogP contribution in [0.1, 0.15) is 37.8 Å². The van der Waals surface area contributed by atoms with Crippen molar-refractivity contribution in [2.45, 2.75) is 44.4 Å². The highest BCUT2D eigenvalue weighted by Gasteiger charge is 2.44. The Bertz CT molecular complexity index is 526. The molecule has 4 nitrogen and oxygen atoms in total. The number of amides is 1. The van der Waals surface area contributed by atoms with Crippen LogP contribution in [0.5, 0.6) is 0 Å². The second-order valence-corrected chi connectivity index (χ2v) is 6.45. The van der Waals surface area contributed by atoms with Gasteiger partial charge in [-0.1, -0.05) is 24.3 Å². The maximum absolute atomic E-state index is 12.2. The molecule has 20 heavy (non-hydrogen) atoms. The summed E-state index contributed by atoms with van der Waals surface area (Å²) in [5.74, 6) is 0.0265. The Morgan fingerprint density at radius 2 is 1.95 bits per heavy atom. The first kappa shape index (κ1) is 13.6. The van der Waals surface area contributed by atoms with Crippen LogP contribution in [0.4, 0.5) is 0 Å². The minimum Gasteiger partial charge on any atom is -0.365 e. The molecule has 1 fully saturated rings. The minimum atomic E-state index is -0.793. The molecule has 108 valence electrons. The van der Waals surface area contributed by atoms with Crippen LogP contribution in [0.3, 0.4) is 0 Å². The average Bonchev–Trinajstić information content (AvgIpc) is 2.78. The molecule has 1 aromatic carbocycles. The van der Waals surface area contributed by atoms with Crippen LogP contribution in [-0.4, -0.2) is 29.4 Å². The second-order valence-electron chi connectivity index (χ2n) is 6.45. The zero-order valence-corrected chi connectivity index (χ0v) is 12.2. The monoisotopic (exact) mass is 274 g/mol. The van der Waals surface area contributed by atoms with Crippen LogP contribution in [-0.2, 0) is 21.7 Å². The molecule has 2 aliphatic rings. The van der Waals surface area contributed by atoms with Crippen LogP contribution in [0, 0.1) is 0 Å². The topological polar surface area (TPSA) is 55.6 Å². The van der Waals surface area contributed by atoms with Crippen LogP contribution in [0.25, 0.3) is 0 Å². The van der Waals surface area contributed by atoms with E-state index < -0.39 is 5.54 Å². The molecular formula is C16H22N2O2. The van der Waals surface area contributed by atoms with Gasteiger partial charge >= 0.3 is 0 Å². The lowest BCUT2D eigenvalue weighted by atomic mass is 9.83. The molecule has 2 N–H and O–H groups in total. The summed E-state index contributed by atoms with van der Waals surface area (Å²) in [6, 6.07) is 8.41. The Morgan fingerprint density at radius 3 is 2.60 bits per heavy atom. The molecule has 0 unspecified atom stereocenters. The molecule has 2 heterocycles. The van der Waals surface area contributed by atoms with Gasteiger partial charge in [-0.3, -0.25) is 4.79 Å². The number of hydrogen-bond acceptors (Lipinski definition) is 3. The minimum absolute atomic E-state index is 0.0265. The van der Waals surface area contributed by atoms with Crippen LogP contribution >= 0.6 is 0 Å². The molecule has 1 amide bonds. The maximum atomic E-state index is 12.2. The number of benzene rings is 1. The Balaban J connectivity index is 1.76.